The summed E-state index contributed by atoms with van der Waals surface area (Å²) in [5.41, 5.74) is 2.28. The monoisotopic (exact) mass is 286 g/mol. The first kappa shape index (κ1) is 14.1. The maximum absolute atomic E-state index is 5.24. The molecule has 2 aromatic rings. The first-order valence-corrected chi connectivity index (χ1v) is 7.52. The van der Waals surface area contributed by atoms with Gasteiger partial charge in [0.15, 0.2) is 0 Å². The summed E-state index contributed by atoms with van der Waals surface area (Å²) in [4.78, 5) is 9.14. The van der Waals surface area contributed by atoms with E-state index in [0.717, 1.165) is 49.9 Å². The minimum atomic E-state index is 0.950. The Balaban J connectivity index is 1.46. The Morgan fingerprint density at radius 1 is 1.33 bits per heavy atom. The highest BCUT2D eigenvalue weighted by molar-refractivity contribution is 5.47. The molecule has 0 saturated carbocycles. The molecule has 1 aliphatic rings. The number of aryl methyl sites for hydroxylation is 2. The minimum absolute atomic E-state index is 0.950. The molecule has 0 bridgehead atoms. The highest BCUT2D eigenvalue weighted by Gasteiger charge is 2.19. The number of nitrogens with zero attached hydrogens (tertiary/aromatic N) is 4. The van der Waals surface area contributed by atoms with Crippen molar-refractivity contribution in [2.45, 2.75) is 32.7 Å². The molecule has 0 fully saturated rings. The highest BCUT2D eigenvalue weighted by Crippen LogP contribution is 2.23. The lowest BCUT2D eigenvalue weighted by Gasteiger charge is -2.35. The van der Waals surface area contributed by atoms with E-state index in [1.54, 1.807) is 0 Å². The highest BCUT2D eigenvalue weighted by atomic mass is 16.5. The lowest BCUT2D eigenvalue weighted by atomic mass is 10.1. The van der Waals surface area contributed by atoms with Gasteiger partial charge in [-0.3, -0.25) is 4.90 Å². The van der Waals surface area contributed by atoms with Crippen LogP contribution >= 0.6 is 0 Å². The maximum Gasteiger partial charge on any atom is 0.136 e. The number of rotatable bonds is 5. The van der Waals surface area contributed by atoms with Crippen LogP contribution in [-0.4, -0.2) is 35.3 Å². The number of unbranched alkanes of at least 4 members (excludes halogenated alkanes) is 1. The van der Waals surface area contributed by atoms with Crippen molar-refractivity contribution >= 4 is 5.82 Å². The molecule has 0 N–H and O–H groups in total. The van der Waals surface area contributed by atoms with E-state index in [4.69, 9.17) is 4.52 Å². The molecule has 2 aromatic heterocycles. The average molecular weight is 286 g/mol. The van der Waals surface area contributed by atoms with E-state index in [-0.39, 0.29) is 0 Å². The topological polar surface area (TPSA) is 45.4 Å². The largest absolute Gasteiger partial charge is 0.361 e. The van der Waals surface area contributed by atoms with Crippen LogP contribution in [0.15, 0.2) is 28.9 Å². The molecule has 0 aromatic carbocycles. The molecule has 112 valence electrons. The van der Waals surface area contributed by atoms with Crippen molar-refractivity contribution in [3.63, 3.8) is 0 Å². The first-order chi connectivity index (χ1) is 10.2. The van der Waals surface area contributed by atoms with Crippen LogP contribution in [0.5, 0.6) is 0 Å². The van der Waals surface area contributed by atoms with Crippen molar-refractivity contribution in [2.24, 2.45) is 0 Å². The molecule has 5 nitrogen and oxygen atoms in total. The summed E-state index contributed by atoms with van der Waals surface area (Å²) >= 11 is 0. The summed E-state index contributed by atoms with van der Waals surface area (Å²) in [5.74, 6) is 2.11. The standard InChI is InChI=1S/C16H22N4O/c1-13-10-15(21-18-13)7-3-4-9-20-11-14-6-5-8-17-16(14)19(2)12-20/h5-6,8,10H,3-4,7,9,11-12H2,1-2H3. The zero-order valence-corrected chi connectivity index (χ0v) is 12.7. The van der Waals surface area contributed by atoms with Crippen LogP contribution < -0.4 is 4.90 Å². The van der Waals surface area contributed by atoms with Gasteiger partial charge in [-0.25, -0.2) is 4.98 Å². The van der Waals surface area contributed by atoms with Gasteiger partial charge in [-0.05, 0) is 25.8 Å². The predicted octanol–water partition coefficient (Wildman–Crippen LogP) is 2.61. The fourth-order valence-electron chi connectivity index (χ4n) is 2.87. The smallest absolute Gasteiger partial charge is 0.136 e. The van der Waals surface area contributed by atoms with Crippen LogP contribution in [-0.2, 0) is 13.0 Å². The van der Waals surface area contributed by atoms with Crippen LogP contribution in [0.25, 0.3) is 0 Å². The van der Waals surface area contributed by atoms with Crippen molar-refractivity contribution in [3.8, 4) is 0 Å². The molecule has 0 unspecified atom stereocenters. The zero-order valence-electron chi connectivity index (χ0n) is 12.7. The summed E-state index contributed by atoms with van der Waals surface area (Å²) in [7, 11) is 2.11. The Hall–Kier alpha value is -1.88. The number of pyridine rings is 1. The Morgan fingerprint density at radius 2 is 2.24 bits per heavy atom. The number of hydrogen-bond donors (Lipinski definition) is 0. The predicted molar refractivity (Wildman–Crippen MR) is 82.1 cm³/mol. The molecule has 0 spiro atoms. The van der Waals surface area contributed by atoms with Gasteiger partial charge in [0, 0.05) is 44.4 Å². The molecule has 0 aliphatic carbocycles. The van der Waals surface area contributed by atoms with Gasteiger partial charge in [-0.1, -0.05) is 11.2 Å². The summed E-state index contributed by atoms with van der Waals surface area (Å²) in [6, 6.07) is 6.21. The van der Waals surface area contributed by atoms with Crippen LogP contribution in [0.1, 0.15) is 29.9 Å². The summed E-state index contributed by atoms with van der Waals surface area (Å²) in [6.07, 6.45) is 5.14. The van der Waals surface area contributed by atoms with Crippen molar-refractivity contribution in [1.29, 1.82) is 0 Å². The number of hydrogen-bond acceptors (Lipinski definition) is 5. The molecule has 0 saturated heterocycles. The molecular formula is C16H22N4O. The third-order valence-corrected chi connectivity index (χ3v) is 3.86. The SMILES string of the molecule is Cc1cc(CCCCN2Cc3cccnc3N(C)C2)on1. The quantitative estimate of drug-likeness (QED) is 0.791. The summed E-state index contributed by atoms with van der Waals surface area (Å²) in [5, 5.41) is 3.92. The van der Waals surface area contributed by atoms with Gasteiger partial charge in [0.05, 0.1) is 12.4 Å². The second kappa shape index (κ2) is 6.26. The second-order valence-electron chi connectivity index (χ2n) is 5.77. The lowest BCUT2D eigenvalue weighted by Crippen LogP contribution is -2.41. The van der Waals surface area contributed by atoms with Gasteiger partial charge in [-0.2, -0.15) is 0 Å². The van der Waals surface area contributed by atoms with Gasteiger partial charge in [0.1, 0.15) is 11.6 Å². The second-order valence-corrected chi connectivity index (χ2v) is 5.77. The Labute approximate surface area is 125 Å². The molecule has 0 amide bonds. The third kappa shape index (κ3) is 3.42. The third-order valence-electron chi connectivity index (χ3n) is 3.86. The molecule has 0 atom stereocenters. The Bertz CT molecular complexity index is 595. The van der Waals surface area contributed by atoms with Gasteiger partial charge < -0.3 is 9.42 Å². The fraction of sp³-hybridized carbons (Fsp3) is 0.500. The average Bonchev–Trinajstić information content (AvgIpc) is 2.89. The van der Waals surface area contributed by atoms with Crippen molar-refractivity contribution in [2.75, 3.05) is 25.2 Å². The van der Waals surface area contributed by atoms with E-state index in [2.05, 4.69) is 33.1 Å². The van der Waals surface area contributed by atoms with E-state index in [0.29, 0.717) is 0 Å². The van der Waals surface area contributed by atoms with Gasteiger partial charge in [-0.15, -0.1) is 0 Å². The van der Waals surface area contributed by atoms with E-state index in [1.807, 2.05) is 25.3 Å². The Morgan fingerprint density at radius 3 is 3.05 bits per heavy atom. The van der Waals surface area contributed by atoms with Gasteiger partial charge in [0.25, 0.3) is 0 Å². The van der Waals surface area contributed by atoms with Crippen LogP contribution in [0, 0.1) is 6.92 Å². The maximum atomic E-state index is 5.24. The molecule has 3 heterocycles. The van der Waals surface area contributed by atoms with Gasteiger partial charge in [0.2, 0.25) is 0 Å². The van der Waals surface area contributed by atoms with Crippen molar-refractivity contribution in [3.05, 3.63) is 41.4 Å². The van der Waals surface area contributed by atoms with Crippen molar-refractivity contribution < 1.29 is 4.52 Å². The van der Waals surface area contributed by atoms with Crippen LogP contribution in [0.2, 0.25) is 0 Å². The van der Waals surface area contributed by atoms with Gasteiger partial charge >= 0.3 is 0 Å². The minimum Gasteiger partial charge on any atom is -0.361 e. The van der Waals surface area contributed by atoms with E-state index in [9.17, 15) is 0 Å². The molecular weight excluding hydrogens is 264 g/mol. The Kier molecular flexibility index (Phi) is 4.20. The zero-order chi connectivity index (χ0) is 14.7. The molecule has 1 aliphatic heterocycles. The number of fused-ring (bicyclic) bond motifs is 1. The van der Waals surface area contributed by atoms with Crippen LogP contribution in [0.3, 0.4) is 0 Å². The number of anilines is 1. The number of aromatic nitrogens is 2. The molecule has 21 heavy (non-hydrogen) atoms. The van der Waals surface area contributed by atoms with Crippen molar-refractivity contribution in [1.82, 2.24) is 15.0 Å². The summed E-state index contributed by atoms with van der Waals surface area (Å²) in [6.45, 7) is 5.01. The van der Waals surface area contributed by atoms with Crippen LogP contribution in [0.4, 0.5) is 5.82 Å². The first-order valence-electron chi connectivity index (χ1n) is 7.52. The summed E-state index contributed by atoms with van der Waals surface area (Å²) < 4.78 is 5.24. The van der Waals surface area contributed by atoms with E-state index >= 15 is 0 Å². The normalized spacial score (nSPS) is 15.2. The van der Waals surface area contributed by atoms with E-state index in [1.165, 1.54) is 12.0 Å². The molecule has 5 heteroatoms. The molecule has 0 radical (unpaired) electrons. The van der Waals surface area contributed by atoms with E-state index < -0.39 is 0 Å². The molecule has 3 rings (SSSR count). The lowest BCUT2D eigenvalue weighted by molar-refractivity contribution is 0.249. The fourth-order valence-corrected chi connectivity index (χ4v) is 2.87.